The van der Waals surface area contributed by atoms with E-state index in [4.69, 9.17) is 18.6 Å². The highest BCUT2D eigenvalue weighted by Gasteiger charge is 2.26. The molecule has 39 heavy (non-hydrogen) atoms. The molecule has 0 fully saturated rings. The number of ether oxygens (including phenoxy) is 3. The van der Waals surface area contributed by atoms with Crippen molar-refractivity contribution < 1.29 is 28.2 Å². The van der Waals surface area contributed by atoms with Crippen LogP contribution in [0.4, 0.5) is 4.79 Å². The Kier molecular flexibility index (Phi) is 8.34. The molecule has 0 aliphatic carbocycles. The average Bonchev–Trinajstić information content (AvgIpc) is 2.87. The van der Waals surface area contributed by atoms with E-state index in [1.807, 2.05) is 54.6 Å². The van der Waals surface area contributed by atoms with E-state index in [2.05, 4.69) is 5.32 Å². The maximum Gasteiger partial charge on any atom is 0.408 e. The van der Waals surface area contributed by atoms with E-state index in [-0.39, 0.29) is 12.2 Å². The lowest BCUT2D eigenvalue weighted by atomic mass is 10.1. The summed E-state index contributed by atoms with van der Waals surface area (Å²) in [4.78, 5) is 37.5. The van der Waals surface area contributed by atoms with Gasteiger partial charge in [-0.25, -0.2) is 14.4 Å². The molecule has 202 valence electrons. The number of hydrogen-bond donors (Lipinski definition) is 1. The summed E-state index contributed by atoms with van der Waals surface area (Å²) in [6.45, 7) is 7.43. The van der Waals surface area contributed by atoms with E-state index >= 15 is 0 Å². The predicted molar refractivity (Wildman–Crippen MR) is 147 cm³/mol. The molecule has 0 aliphatic rings. The molecule has 1 amide bonds. The second kappa shape index (κ2) is 11.9. The summed E-state index contributed by atoms with van der Waals surface area (Å²) >= 11 is 0. The Bertz CT molecular complexity index is 1500. The monoisotopic (exact) mass is 529 g/mol. The zero-order chi connectivity index (χ0) is 28.0. The lowest BCUT2D eigenvalue weighted by Crippen LogP contribution is -2.46. The number of hydrogen-bond acceptors (Lipinski definition) is 7. The van der Waals surface area contributed by atoms with Crippen LogP contribution in [0.1, 0.15) is 37.5 Å². The summed E-state index contributed by atoms with van der Waals surface area (Å²) in [7, 11) is 0. The van der Waals surface area contributed by atoms with Crippen LogP contribution in [0.3, 0.4) is 0 Å². The summed E-state index contributed by atoms with van der Waals surface area (Å²) in [6.07, 6.45) is -0.592. The van der Waals surface area contributed by atoms with Gasteiger partial charge in [-0.05, 0) is 68.7 Å². The van der Waals surface area contributed by atoms with Crippen LogP contribution >= 0.6 is 0 Å². The number of benzene rings is 3. The van der Waals surface area contributed by atoms with Gasteiger partial charge in [-0.1, -0.05) is 42.5 Å². The summed E-state index contributed by atoms with van der Waals surface area (Å²) in [5.41, 5.74) is 1.63. The van der Waals surface area contributed by atoms with Crippen LogP contribution in [0.2, 0.25) is 0 Å². The minimum atomic E-state index is -1.05. The van der Waals surface area contributed by atoms with Crippen LogP contribution in [-0.2, 0) is 22.6 Å². The van der Waals surface area contributed by atoms with Crippen molar-refractivity contribution in [3.05, 3.63) is 106 Å². The molecular formula is C31H31NO7. The van der Waals surface area contributed by atoms with E-state index in [1.165, 1.54) is 12.1 Å². The molecule has 1 heterocycles. The first-order valence-electron chi connectivity index (χ1n) is 12.6. The fraction of sp³-hybridized carbons (Fsp3) is 0.258. The second-order valence-corrected chi connectivity index (χ2v) is 10.1. The Morgan fingerprint density at radius 3 is 2.28 bits per heavy atom. The third-order valence-electron chi connectivity index (χ3n) is 5.73. The van der Waals surface area contributed by atoms with Crippen LogP contribution in [0.5, 0.6) is 11.5 Å². The standard InChI is InChI=1S/C31H31NO7/c1-20-16-28(33)38-27-18-24(14-15-25(20)27)37-29(34)26(32-30(35)39-31(2,3)4)17-21-10-12-23(13-11-21)36-19-22-8-6-5-7-9-22/h5-16,18,26H,17,19H2,1-4H3,(H,32,35). The van der Waals surface area contributed by atoms with Crippen LogP contribution < -0.4 is 20.4 Å². The molecule has 1 N–H and O–H groups in total. The molecule has 1 unspecified atom stereocenters. The Morgan fingerprint density at radius 1 is 0.897 bits per heavy atom. The van der Waals surface area contributed by atoms with Gasteiger partial charge in [-0.3, -0.25) is 0 Å². The maximum absolute atomic E-state index is 13.2. The molecule has 4 aromatic rings. The molecule has 1 aromatic heterocycles. The van der Waals surface area contributed by atoms with Crippen LogP contribution in [0.15, 0.2) is 88.1 Å². The highest BCUT2D eigenvalue weighted by Crippen LogP contribution is 2.23. The van der Waals surface area contributed by atoms with Crippen molar-refractivity contribution in [3.63, 3.8) is 0 Å². The second-order valence-electron chi connectivity index (χ2n) is 10.1. The van der Waals surface area contributed by atoms with E-state index in [1.54, 1.807) is 39.8 Å². The van der Waals surface area contributed by atoms with Crippen molar-refractivity contribution in [2.75, 3.05) is 0 Å². The fourth-order valence-corrected chi connectivity index (χ4v) is 3.90. The van der Waals surface area contributed by atoms with Gasteiger partial charge in [-0.2, -0.15) is 0 Å². The third kappa shape index (κ3) is 7.95. The van der Waals surface area contributed by atoms with E-state index in [9.17, 15) is 14.4 Å². The number of nitrogens with one attached hydrogen (secondary N) is 1. The lowest BCUT2D eigenvalue weighted by molar-refractivity contribution is -0.136. The van der Waals surface area contributed by atoms with E-state index < -0.39 is 29.3 Å². The van der Waals surface area contributed by atoms with Gasteiger partial charge in [0.05, 0.1) is 0 Å². The van der Waals surface area contributed by atoms with Gasteiger partial charge in [0.2, 0.25) is 0 Å². The number of rotatable bonds is 8. The van der Waals surface area contributed by atoms with Gasteiger partial charge < -0.3 is 23.9 Å². The zero-order valence-corrected chi connectivity index (χ0v) is 22.4. The van der Waals surface area contributed by atoms with Crippen molar-refractivity contribution in [2.24, 2.45) is 0 Å². The third-order valence-corrected chi connectivity index (χ3v) is 5.73. The molecule has 8 nitrogen and oxygen atoms in total. The quantitative estimate of drug-likeness (QED) is 0.177. The highest BCUT2D eigenvalue weighted by atomic mass is 16.6. The minimum absolute atomic E-state index is 0.152. The topological polar surface area (TPSA) is 104 Å². The highest BCUT2D eigenvalue weighted by molar-refractivity contribution is 5.85. The van der Waals surface area contributed by atoms with E-state index in [0.717, 1.165) is 22.1 Å². The number of esters is 1. The first-order chi connectivity index (χ1) is 18.6. The molecule has 0 saturated carbocycles. The largest absolute Gasteiger partial charge is 0.489 e. The van der Waals surface area contributed by atoms with Gasteiger partial charge in [0.25, 0.3) is 0 Å². The zero-order valence-electron chi connectivity index (χ0n) is 22.4. The Morgan fingerprint density at radius 2 is 1.59 bits per heavy atom. The maximum atomic E-state index is 13.2. The van der Waals surface area contributed by atoms with Crippen LogP contribution in [0.25, 0.3) is 11.0 Å². The molecule has 0 radical (unpaired) electrons. The predicted octanol–water partition coefficient (Wildman–Crippen LogP) is 5.72. The van der Waals surface area contributed by atoms with Gasteiger partial charge in [-0.15, -0.1) is 0 Å². The summed E-state index contributed by atoms with van der Waals surface area (Å²) < 4.78 is 22.0. The summed E-state index contributed by atoms with van der Waals surface area (Å²) in [5, 5.41) is 3.35. The number of carbonyl (C=O) groups excluding carboxylic acids is 2. The van der Waals surface area contributed by atoms with Gasteiger partial charge in [0.15, 0.2) is 0 Å². The first kappa shape index (κ1) is 27.4. The Labute approximate surface area is 226 Å². The summed E-state index contributed by atoms with van der Waals surface area (Å²) in [5.74, 6) is 0.163. The number of amides is 1. The van der Waals surface area contributed by atoms with Gasteiger partial charge >= 0.3 is 17.7 Å². The van der Waals surface area contributed by atoms with Crippen molar-refractivity contribution in [1.29, 1.82) is 0 Å². The number of aryl methyl sites for hydroxylation is 1. The average molecular weight is 530 g/mol. The molecule has 0 bridgehead atoms. The van der Waals surface area contributed by atoms with Crippen molar-refractivity contribution in [2.45, 2.75) is 52.4 Å². The van der Waals surface area contributed by atoms with Crippen molar-refractivity contribution in [1.82, 2.24) is 5.32 Å². The Hall–Kier alpha value is -4.59. The fourth-order valence-electron chi connectivity index (χ4n) is 3.90. The molecule has 0 spiro atoms. The molecule has 0 aliphatic heterocycles. The van der Waals surface area contributed by atoms with Crippen molar-refractivity contribution >= 4 is 23.0 Å². The number of carbonyl (C=O) groups is 2. The van der Waals surface area contributed by atoms with E-state index in [0.29, 0.717) is 17.9 Å². The molecule has 1 atom stereocenters. The number of alkyl carbamates (subject to hydrolysis) is 1. The van der Waals surface area contributed by atoms with Crippen LogP contribution in [0, 0.1) is 6.92 Å². The van der Waals surface area contributed by atoms with Gasteiger partial charge in [0, 0.05) is 23.9 Å². The molecule has 3 aromatic carbocycles. The smallest absolute Gasteiger partial charge is 0.408 e. The molecule has 8 heteroatoms. The molecule has 0 saturated heterocycles. The SMILES string of the molecule is Cc1cc(=O)oc2cc(OC(=O)C(Cc3ccc(OCc4ccccc4)cc3)NC(=O)OC(C)(C)C)ccc12. The van der Waals surface area contributed by atoms with Crippen molar-refractivity contribution in [3.8, 4) is 11.5 Å². The lowest BCUT2D eigenvalue weighted by Gasteiger charge is -2.23. The van der Waals surface area contributed by atoms with Crippen LogP contribution in [-0.4, -0.2) is 23.7 Å². The van der Waals surface area contributed by atoms with Gasteiger partial charge in [0.1, 0.15) is 35.3 Å². The number of fused-ring (bicyclic) bond motifs is 1. The molecule has 4 rings (SSSR count). The minimum Gasteiger partial charge on any atom is -0.489 e. The Balaban J connectivity index is 1.48. The first-order valence-corrected chi connectivity index (χ1v) is 12.6. The normalized spacial score (nSPS) is 12.0. The molecular weight excluding hydrogens is 498 g/mol. The summed E-state index contributed by atoms with van der Waals surface area (Å²) in [6, 6.07) is 22.2.